The summed E-state index contributed by atoms with van der Waals surface area (Å²) >= 11 is 0. The molecule has 0 aliphatic carbocycles. The van der Waals surface area contributed by atoms with Crippen molar-refractivity contribution in [2.75, 3.05) is 29.8 Å². The van der Waals surface area contributed by atoms with Gasteiger partial charge in [-0.2, -0.15) is 0 Å². The number of carbonyl (C=O) groups is 1. The van der Waals surface area contributed by atoms with Crippen molar-refractivity contribution in [1.82, 2.24) is 14.9 Å². The molecule has 3 aromatic carbocycles. The quantitative estimate of drug-likeness (QED) is 0.146. The van der Waals surface area contributed by atoms with Crippen LogP contribution in [0.25, 0.3) is 55.8 Å². The molecule has 1 unspecified atom stereocenters. The molecule has 3 aromatic heterocycles. The molecule has 13 heteroatoms. The number of rotatable bonds is 8. The maximum absolute atomic E-state index is 15.0. The fourth-order valence-corrected chi connectivity index (χ4v) is 6.87. The lowest BCUT2D eigenvalue weighted by molar-refractivity contribution is 0.0964. The first-order chi connectivity index (χ1) is 22.7. The van der Waals surface area contributed by atoms with Gasteiger partial charge in [-0.1, -0.05) is 6.07 Å². The first-order valence-corrected chi connectivity index (χ1v) is 16.1. The highest BCUT2D eigenvalue weighted by Gasteiger charge is 2.30. The Morgan fingerprint density at radius 2 is 1.87 bits per heavy atom. The molecular formula is C34H29F2N5O5S. The summed E-state index contributed by atoms with van der Waals surface area (Å²) in [7, 11) is -1.60. The number of aliphatic hydroxyl groups is 1. The van der Waals surface area contributed by atoms with Gasteiger partial charge in [-0.05, 0) is 67.6 Å². The molecule has 1 aliphatic rings. The molecule has 0 saturated heterocycles. The number of furan rings is 1. The topological polar surface area (TPSA) is 130 Å². The molecule has 1 aliphatic heterocycles. The lowest BCUT2D eigenvalue weighted by atomic mass is 10.00. The number of halogens is 2. The number of hydrogen-bond acceptors (Lipinski definition) is 7. The van der Waals surface area contributed by atoms with Gasteiger partial charge >= 0.3 is 0 Å². The molecule has 10 nitrogen and oxygen atoms in total. The zero-order valence-electron chi connectivity index (χ0n) is 25.3. The van der Waals surface area contributed by atoms with Gasteiger partial charge in [0, 0.05) is 54.6 Å². The third kappa shape index (κ3) is 4.98. The summed E-state index contributed by atoms with van der Waals surface area (Å²) in [6, 6.07) is 18.8. The van der Waals surface area contributed by atoms with Gasteiger partial charge in [0.1, 0.15) is 34.8 Å². The third-order valence-electron chi connectivity index (χ3n) is 8.42. The zero-order valence-corrected chi connectivity index (χ0v) is 26.1. The Bertz CT molecular complexity index is 2270. The molecule has 0 saturated carbocycles. The van der Waals surface area contributed by atoms with Crippen LogP contribution in [-0.2, 0) is 10.9 Å². The summed E-state index contributed by atoms with van der Waals surface area (Å²) in [5.41, 5.74) is 4.39. The molecule has 1 atom stereocenters. The summed E-state index contributed by atoms with van der Waals surface area (Å²) in [4.78, 5) is 18.3. The number of aliphatic hydroxyl groups excluding tert-OH is 1. The minimum absolute atomic E-state index is 0.102. The van der Waals surface area contributed by atoms with Crippen LogP contribution in [0.4, 0.5) is 20.2 Å². The molecule has 0 fully saturated rings. The van der Waals surface area contributed by atoms with Gasteiger partial charge in [0.25, 0.3) is 5.91 Å². The van der Waals surface area contributed by atoms with Crippen LogP contribution in [0.5, 0.6) is 0 Å². The average molecular weight is 658 g/mol. The van der Waals surface area contributed by atoms with Gasteiger partial charge in [-0.15, -0.1) is 0 Å². The van der Waals surface area contributed by atoms with E-state index in [-0.39, 0.29) is 41.9 Å². The second kappa shape index (κ2) is 11.8. The van der Waals surface area contributed by atoms with Crippen LogP contribution < -0.4 is 14.9 Å². The monoisotopic (exact) mass is 657 g/mol. The van der Waals surface area contributed by atoms with E-state index < -0.39 is 28.4 Å². The van der Waals surface area contributed by atoms with E-state index in [4.69, 9.17) is 9.40 Å². The van der Waals surface area contributed by atoms with Crippen LogP contribution in [0, 0.1) is 11.6 Å². The minimum atomic E-state index is -3.08. The number of thiol groups is 1. The van der Waals surface area contributed by atoms with E-state index in [0.29, 0.717) is 56.6 Å². The number of hydrogen-bond donors (Lipinski definition) is 4. The Balaban J connectivity index is 1.49. The van der Waals surface area contributed by atoms with Gasteiger partial charge < -0.3 is 24.7 Å². The summed E-state index contributed by atoms with van der Waals surface area (Å²) < 4.78 is 63.0. The molecule has 47 heavy (non-hydrogen) atoms. The predicted octanol–water partition coefficient (Wildman–Crippen LogP) is 6.08. The Kier molecular flexibility index (Phi) is 7.65. The van der Waals surface area contributed by atoms with E-state index >= 15 is 0 Å². The fourth-order valence-electron chi connectivity index (χ4n) is 6.30. The first kappa shape index (κ1) is 30.4. The second-order valence-corrected chi connectivity index (χ2v) is 12.0. The van der Waals surface area contributed by atoms with Crippen LogP contribution in [0.1, 0.15) is 29.9 Å². The van der Waals surface area contributed by atoms with E-state index in [0.717, 1.165) is 0 Å². The Hall–Kier alpha value is -5.27. The minimum Gasteiger partial charge on any atom is -0.455 e. The summed E-state index contributed by atoms with van der Waals surface area (Å²) in [5.74, 6) is -1.10. The number of pyridine rings is 1. The first-order valence-electron chi connectivity index (χ1n) is 14.9. The molecule has 0 radical (unpaired) electrons. The van der Waals surface area contributed by atoms with E-state index in [2.05, 4.69) is 10.6 Å². The number of amides is 1. The molecule has 240 valence electrons. The number of aromatic nitrogens is 2. The number of anilines is 2. The van der Waals surface area contributed by atoms with Gasteiger partial charge in [-0.3, -0.25) is 9.10 Å². The maximum atomic E-state index is 15.0. The van der Waals surface area contributed by atoms with E-state index in [1.54, 1.807) is 49.4 Å². The Morgan fingerprint density at radius 1 is 1.09 bits per heavy atom. The molecule has 7 rings (SSSR count). The predicted molar refractivity (Wildman–Crippen MR) is 177 cm³/mol. The highest BCUT2D eigenvalue weighted by Crippen LogP contribution is 2.45. The summed E-state index contributed by atoms with van der Waals surface area (Å²) in [5, 5.41) is 16.6. The largest absolute Gasteiger partial charge is 0.455 e. The van der Waals surface area contributed by atoms with Crippen molar-refractivity contribution < 1.29 is 31.5 Å². The second-order valence-electron chi connectivity index (χ2n) is 11.0. The van der Waals surface area contributed by atoms with Gasteiger partial charge in [0.05, 0.1) is 33.8 Å². The lowest BCUT2D eigenvalue weighted by Gasteiger charge is -2.30. The highest BCUT2D eigenvalue weighted by atomic mass is 32.2. The van der Waals surface area contributed by atoms with E-state index in [1.807, 2.05) is 4.57 Å². The number of carbonyl (C=O) groups excluding carboxylic acids is 1. The smallest absolute Gasteiger partial charge is 0.255 e. The lowest BCUT2D eigenvalue weighted by Crippen LogP contribution is -2.25. The van der Waals surface area contributed by atoms with E-state index in [1.165, 1.54) is 41.7 Å². The molecule has 0 spiro atoms. The number of fused-ring (bicyclic) bond motifs is 6. The van der Waals surface area contributed by atoms with Crippen molar-refractivity contribution in [3.63, 3.8) is 0 Å². The molecule has 1 amide bonds. The molecule has 0 bridgehead atoms. The summed E-state index contributed by atoms with van der Waals surface area (Å²) in [6.07, 6.45) is -0.0106. The third-order valence-corrected chi connectivity index (χ3v) is 9.31. The van der Waals surface area contributed by atoms with Crippen LogP contribution in [0.15, 0.2) is 77.2 Å². The van der Waals surface area contributed by atoms with Crippen LogP contribution in [0.3, 0.4) is 0 Å². The van der Waals surface area contributed by atoms with Crippen molar-refractivity contribution in [3.8, 4) is 34.0 Å². The summed E-state index contributed by atoms with van der Waals surface area (Å²) in [6.45, 7) is 1.70. The van der Waals surface area contributed by atoms with Gasteiger partial charge in [-0.25, -0.2) is 22.2 Å². The maximum Gasteiger partial charge on any atom is 0.255 e. The van der Waals surface area contributed by atoms with Gasteiger partial charge in [0.2, 0.25) is 10.9 Å². The SMILES string of the molecule is CCN(c1cc2oc(-c3ccc(F)cc3)c(C(=O)NC)c2cc1-c1ccc2c(n1)-c1cc3c(F)cccc3n1C(CCO)N2)[SH](=O)=O. The van der Waals surface area contributed by atoms with Crippen LogP contribution in [-0.4, -0.2) is 49.2 Å². The fraction of sp³-hybridized carbons (Fsp3) is 0.176. The van der Waals surface area contributed by atoms with Crippen molar-refractivity contribution in [3.05, 3.63) is 90.0 Å². The van der Waals surface area contributed by atoms with Crippen molar-refractivity contribution in [2.24, 2.45) is 0 Å². The number of nitrogens with zero attached hydrogens (tertiary/aromatic N) is 3. The Morgan fingerprint density at radius 3 is 2.57 bits per heavy atom. The van der Waals surface area contributed by atoms with Gasteiger partial charge in [0.15, 0.2) is 0 Å². The van der Waals surface area contributed by atoms with Crippen molar-refractivity contribution in [2.45, 2.75) is 19.5 Å². The van der Waals surface area contributed by atoms with Crippen molar-refractivity contribution in [1.29, 1.82) is 0 Å². The van der Waals surface area contributed by atoms with Crippen LogP contribution >= 0.6 is 0 Å². The van der Waals surface area contributed by atoms with Crippen LogP contribution in [0.2, 0.25) is 0 Å². The molecule has 6 aromatic rings. The average Bonchev–Trinajstić information content (AvgIpc) is 3.65. The molecular weight excluding hydrogens is 628 g/mol. The number of nitrogens with one attached hydrogen (secondary N) is 2. The Labute approximate surface area is 269 Å². The zero-order chi connectivity index (χ0) is 33.0. The number of benzene rings is 3. The standard InChI is InChI=1S/C34H29F2N5O5S/c1-3-40(47(44)45)27-17-29-22(31(34(43)37-2)33(46-29)18-7-9-19(35)10-8-18)15-21(27)24-11-12-25-32(39-24)28-16-20-23(36)5-4-6-26(20)41(28)30(38-25)13-14-42/h4-12,15-17,30,38,42,47H,3,13-14H2,1-2H3,(H,37,43). The molecule has 3 N–H and O–H groups in total. The normalized spacial score (nSPS) is 13.9. The molecule has 4 heterocycles. The van der Waals surface area contributed by atoms with Crippen molar-refractivity contribution >= 4 is 50.0 Å². The van der Waals surface area contributed by atoms with E-state index in [9.17, 15) is 27.1 Å². The highest BCUT2D eigenvalue weighted by molar-refractivity contribution is 7.74.